The average Bonchev–Trinajstić information content (AvgIpc) is 3.27. The van der Waals surface area contributed by atoms with Crippen LogP contribution in [0.4, 0.5) is 19.1 Å². The Morgan fingerprint density at radius 2 is 1.93 bits per heavy atom. The van der Waals surface area contributed by atoms with Crippen molar-refractivity contribution in [3.8, 4) is 11.4 Å². The molecule has 1 aliphatic carbocycles. The second-order valence-corrected chi connectivity index (χ2v) is 7.26. The number of nitrogens with one attached hydrogen (secondary N) is 2. The van der Waals surface area contributed by atoms with Crippen molar-refractivity contribution in [3.63, 3.8) is 0 Å². The number of alkyl halides is 3. The predicted molar refractivity (Wildman–Crippen MR) is 101 cm³/mol. The van der Waals surface area contributed by atoms with Gasteiger partial charge in [-0.15, -0.1) is 5.10 Å². The second-order valence-electron chi connectivity index (χ2n) is 7.26. The minimum Gasteiger partial charge on any atom is -0.351 e. The number of aromatic nitrogens is 6. The zero-order valence-corrected chi connectivity index (χ0v) is 15.4. The first-order chi connectivity index (χ1) is 14.0. The van der Waals surface area contributed by atoms with Gasteiger partial charge in [-0.05, 0) is 25.0 Å². The summed E-state index contributed by atoms with van der Waals surface area (Å²) < 4.78 is 42.7. The van der Waals surface area contributed by atoms with Gasteiger partial charge in [0.15, 0.2) is 5.65 Å². The van der Waals surface area contributed by atoms with E-state index in [-0.39, 0.29) is 23.4 Å². The summed E-state index contributed by atoms with van der Waals surface area (Å²) in [4.78, 5) is 8.19. The summed E-state index contributed by atoms with van der Waals surface area (Å²) in [6.07, 6.45) is 3.24. The molecule has 1 fully saturated rings. The number of pyridine rings is 1. The van der Waals surface area contributed by atoms with Gasteiger partial charge in [0.1, 0.15) is 17.0 Å². The molecule has 7 nitrogen and oxygen atoms in total. The van der Waals surface area contributed by atoms with Gasteiger partial charge in [-0.25, -0.2) is 14.5 Å². The number of hydrogen-bond acceptors (Lipinski definition) is 5. The summed E-state index contributed by atoms with van der Waals surface area (Å²) in [5.74, 6) is 0.188. The van der Waals surface area contributed by atoms with Crippen LogP contribution in [0.1, 0.15) is 37.7 Å². The SMILES string of the molecule is FC(F)(F)c1cnc(NC2CCCCC2)nc1-c1n[nH]c2nn3ccccc3c12. The van der Waals surface area contributed by atoms with Crippen LogP contribution < -0.4 is 5.32 Å². The van der Waals surface area contributed by atoms with E-state index in [1.54, 1.807) is 28.9 Å². The maximum Gasteiger partial charge on any atom is 0.420 e. The molecule has 1 saturated carbocycles. The van der Waals surface area contributed by atoms with Crippen LogP contribution in [-0.4, -0.2) is 35.8 Å². The topological polar surface area (TPSA) is 83.8 Å². The maximum absolute atomic E-state index is 13.7. The lowest BCUT2D eigenvalue weighted by Gasteiger charge is -2.23. The minimum absolute atomic E-state index is 0.114. The summed E-state index contributed by atoms with van der Waals surface area (Å²) in [6.45, 7) is 0. The van der Waals surface area contributed by atoms with Crippen molar-refractivity contribution in [1.82, 2.24) is 29.8 Å². The molecule has 0 unspecified atom stereocenters. The minimum atomic E-state index is -4.60. The summed E-state index contributed by atoms with van der Waals surface area (Å²) in [5.41, 5.74) is -0.00619. The van der Waals surface area contributed by atoms with E-state index in [1.165, 1.54) is 6.42 Å². The van der Waals surface area contributed by atoms with Crippen molar-refractivity contribution >= 4 is 22.5 Å². The van der Waals surface area contributed by atoms with E-state index in [4.69, 9.17) is 0 Å². The maximum atomic E-state index is 13.7. The number of aromatic amines is 1. The summed E-state index contributed by atoms with van der Waals surface area (Å²) in [5, 5.41) is 14.9. The molecule has 0 aromatic carbocycles. The number of H-pyrrole nitrogens is 1. The van der Waals surface area contributed by atoms with Crippen LogP contribution in [0.15, 0.2) is 30.6 Å². The number of fused-ring (bicyclic) bond motifs is 3. The van der Waals surface area contributed by atoms with Gasteiger partial charge in [0, 0.05) is 18.4 Å². The van der Waals surface area contributed by atoms with Crippen molar-refractivity contribution in [1.29, 1.82) is 0 Å². The Hall–Kier alpha value is -3.17. The van der Waals surface area contributed by atoms with E-state index < -0.39 is 11.7 Å². The molecule has 0 bridgehead atoms. The third-order valence-electron chi connectivity index (χ3n) is 5.31. The fourth-order valence-electron chi connectivity index (χ4n) is 3.92. The van der Waals surface area contributed by atoms with Crippen molar-refractivity contribution in [2.24, 2.45) is 0 Å². The quantitative estimate of drug-likeness (QED) is 0.531. The third kappa shape index (κ3) is 3.18. The van der Waals surface area contributed by atoms with E-state index >= 15 is 0 Å². The highest BCUT2D eigenvalue weighted by atomic mass is 19.4. The van der Waals surface area contributed by atoms with Crippen molar-refractivity contribution < 1.29 is 13.2 Å². The van der Waals surface area contributed by atoms with Crippen LogP contribution in [0, 0.1) is 0 Å². The largest absolute Gasteiger partial charge is 0.420 e. The molecule has 0 atom stereocenters. The molecule has 5 rings (SSSR count). The van der Waals surface area contributed by atoms with E-state index in [0.29, 0.717) is 16.6 Å². The van der Waals surface area contributed by atoms with Gasteiger partial charge in [-0.3, -0.25) is 5.10 Å². The molecule has 4 heterocycles. The molecule has 0 spiro atoms. The summed E-state index contributed by atoms with van der Waals surface area (Å²) in [6, 6.07) is 5.55. The lowest BCUT2D eigenvalue weighted by Crippen LogP contribution is -2.24. The van der Waals surface area contributed by atoms with Crippen LogP contribution >= 0.6 is 0 Å². The van der Waals surface area contributed by atoms with Crippen molar-refractivity contribution in [2.75, 3.05) is 5.32 Å². The Balaban J connectivity index is 1.66. The lowest BCUT2D eigenvalue weighted by atomic mass is 9.96. The first-order valence-electron chi connectivity index (χ1n) is 9.53. The van der Waals surface area contributed by atoms with Crippen LogP contribution in [0.25, 0.3) is 27.9 Å². The van der Waals surface area contributed by atoms with E-state index in [2.05, 4.69) is 30.6 Å². The highest BCUT2D eigenvalue weighted by Crippen LogP contribution is 2.38. The molecule has 1 aliphatic rings. The van der Waals surface area contributed by atoms with Crippen molar-refractivity contribution in [3.05, 3.63) is 36.2 Å². The predicted octanol–water partition coefficient (Wildman–Crippen LogP) is 4.43. The molecule has 0 amide bonds. The fourth-order valence-corrected chi connectivity index (χ4v) is 3.92. The molecule has 4 aromatic rings. The Kier molecular flexibility index (Phi) is 4.14. The molecule has 150 valence electrons. The molecule has 4 aromatic heterocycles. The highest BCUT2D eigenvalue weighted by molar-refractivity contribution is 6.02. The van der Waals surface area contributed by atoms with Gasteiger partial charge < -0.3 is 5.32 Å². The van der Waals surface area contributed by atoms with Crippen molar-refractivity contribution in [2.45, 2.75) is 44.3 Å². The van der Waals surface area contributed by atoms with E-state index in [0.717, 1.165) is 31.9 Å². The Bertz CT molecular complexity index is 1170. The van der Waals surface area contributed by atoms with E-state index in [9.17, 15) is 13.2 Å². The molecule has 29 heavy (non-hydrogen) atoms. The smallest absolute Gasteiger partial charge is 0.351 e. The van der Waals surface area contributed by atoms with Gasteiger partial charge in [-0.1, -0.05) is 25.3 Å². The van der Waals surface area contributed by atoms with E-state index in [1.807, 2.05) is 0 Å². The van der Waals surface area contributed by atoms with Gasteiger partial charge in [0.05, 0.1) is 10.9 Å². The second kappa shape index (κ2) is 6.71. The Morgan fingerprint density at radius 1 is 1.10 bits per heavy atom. The van der Waals surface area contributed by atoms with Gasteiger partial charge >= 0.3 is 6.18 Å². The number of nitrogens with zero attached hydrogens (tertiary/aromatic N) is 5. The molecule has 0 aliphatic heterocycles. The molecular weight excluding hydrogens is 383 g/mol. The van der Waals surface area contributed by atoms with Crippen LogP contribution in [0.3, 0.4) is 0 Å². The lowest BCUT2D eigenvalue weighted by molar-refractivity contribution is -0.137. The van der Waals surface area contributed by atoms with Gasteiger partial charge in [-0.2, -0.15) is 18.3 Å². The van der Waals surface area contributed by atoms with Crippen LogP contribution in [0.2, 0.25) is 0 Å². The molecular formula is C19H18F3N7. The first kappa shape index (κ1) is 17.9. The number of rotatable bonds is 3. The zero-order chi connectivity index (χ0) is 20.0. The number of anilines is 1. The summed E-state index contributed by atoms with van der Waals surface area (Å²) in [7, 11) is 0. The monoisotopic (exact) mass is 401 g/mol. The van der Waals surface area contributed by atoms with Gasteiger partial charge in [0.25, 0.3) is 0 Å². The van der Waals surface area contributed by atoms with Crippen LogP contribution in [-0.2, 0) is 6.18 Å². The number of hydrogen-bond donors (Lipinski definition) is 2. The molecule has 10 heteroatoms. The van der Waals surface area contributed by atoms with Crippen LogP contribution in [0.5, 0.6) is 0 Å². The van der Waals surface area contributed by atoms with Gasteiger partial charge in [0.2, 0.25) is 5.95 Å². The number of halogens is 3. The third-order valence-corrected chi connectivity index (χ3v) is 5.31. The standard InChI is InChI=1S/C19H18F3N7/c20-19(21,22)12-10-23-18(24-11-6-2-1-3-7-11)25-15(12)16-14-13-8-4-5-9-29(13)28-17(14)27-26-16/h4-5,8-11H,1-3,6-7H2,(H,27,28)(H,23,24,25). The fraction of sp³-hybridized carbons (Fsp3) is 0.368. The molecule has 0 saturated heterocycles. The summed E-state index contributed by atoms with van der Waals surface area (Å²) >= 11 is 0. The Morgan fingerprint density at radius 3 is 2.72 bits per heavy atom. The molecule has 0 radical (unpaired) electrons. The highest BCUT2D eigenvalue weighted by Gasteiger charge is 2.37. The Labute approximate surface area is 163 Å². The average molecular weight is 401 g/mol. The first-order valence-corrected chi connectivity index (χ1v) is 9.53. The normalized spacial score (nSPS) is 16.0. The zero-order valence-electron chi connectivity index (χ0n) is 15.4. The molecule has 2 N–H and O–H groups in total.